The normalized spacial score (nSPS) is 21.6. The number of carbonyl (C=O) groups is 3. The summed E-state index contributed by atoms with van der Waals surface area (Å²) in [5, 5.41) is 2.81. The molecule has 1 aliphatic carbocycles. The first-order valence-corrected chi connectivity index (χ1v) is 9.77. The highest BCUT2D eigenvalue weighted by Crippen LogP contribution is 2.37. The maximum absolute atomic E-state index is 12.4. The van der Waals surface area contributed by atoms with E-state index in [0.29, 0.717) is 6.54 Å². The van der Waals surface area contributed by atoms with Gasteiger partial charge in [-0.2, -0.15) is 0 Å². The van der Waals surface area contributed by atoms with Crippen LogP contribution in [0.3, 0.4) is 0 Å². The molecular weight excluding hydrogens is 356 g/mol. The molecule has 1 aromatic heterocycles. The summed E-state index contributed by atoms with van der Waals surface area (Å²) < 4.78 is 1.98. The fourth-order valence-electron chi connectivity index (χ4n) is 4.14. The monoisotopic (exact) mass is 380 g/mol. The van der Waals surface area contributed by atoms with E-state index in [9.17, 15) is 14.4 Å². The second-order valence-electron chi connectivity index (χ2n) is 7.59. The number of amides is 3. The Morgan fingerprint density at radius 3 is 2.29 bits per heavy atom. The summed E-state index contributed by atoms with van der Waals surface area (Å²) in [5.41, 5.74) is 2.11. The van der Waals surface area contributed by atoms with Gasteiger partial charge in [0, 0.05) is 25.5 Å². The Hall–Kier alpha value is -2.96. The number of benzene rings is 1. The van der Waals surface area contributed by atoms with E-state index in [2.05, 4.69) is 10.3 Å². The molecule has 2 aliphatic rings. The molecule has 0 bridgehead atoms. The molecule has 0 radical (unpaired) electrons. The first-order valence-electron chi connectivity index (χ1n) is 9.77. The van der Waals surface area contributed by atoms with E-state index in [1.165, 1.54) is 0 Å². The standard InChI is InChI=1S/C21H24N4O3/c26-19(13-25-20(27)17-3-1-2-4-18(17)21(25)28)23-11-15-5-7-16(8-6-15)12-24-10-9-22-14-24/h5-10,14,17-18H,1-4,11-13H2,(H,23,26). The Labute approximate surface area is 163 Å². The van der Waals surface area contributed by atoms with Crippen molar-refractivity contribution in [2.24, 2.45) is 11.8 Å². The third kappa shape index (κ3) is 3.83. The van der Waals surface area contributed by atoms with E-state index < -0.39 is 0 Å². The Morgan fingerprint density at radius 1 is 1.04 bits per heavy atom. The molecule has 28 heavy (non-hydrogen) atoms. The van der Waals surface area contributed by atoms with Gasteiger partial charge in [-0.25, -0.2) is 4.98 Å². The van der Waals surface area contributed by atoms with Gasteiger partial charge in [-0.05, 0) is 24.0 Å². The molecule has 0 spiro atoms. The molecule has 2 aromatic rings. The topological polar surface area (TPSA) is 84.3 Å². The van der Waals surface area contributed by atoms with Crippen molar-refractivity contribution < 1.29 is 14.4 Å². The van der Waals surface area contributed by atoms with Gasteiger partial charge in [0.1, 0.15) is 6.54 Å². The van der Waals surface area contributed by atoms with Crippen molar-refractivity contribution in [2.75, 3.05) is 6.54 Å². The molecule has 7 heteroatoms. The van der Waals surface area contributed by atoms with Gasteiger partial charge in [-0.15, -0.1) is 0 Å². The number of hydrogen-bond donors (Lipinski definition) is 1. The minimum Gasteiger partial charge on any atom is -0.350 e. The van der Waals surface area contributed by atoms with Crippen molar-refractivity contribution >= 4 is 17.7 Å². The van der Waals surface area contributed by atoms with Crippen molar-refractivity contribution in [2.45, 2.75) is 38.8 Å². The number of aromatic nitrogens is 2. The maximum Gasteiger partial charge on any atom is 0.240 e. The summed E-state index contributed by atoms with van der Waals surface area (Å²) in [4.78, 5) is 42.4. The first-order chi connectivity index (χ1) is 13.6. The van der Waals surface area contributed by atoms with Crippen LogP contribution in [0, 0.1) is 11.8 Å². The highest BCUT2D eigenvalue weighted by atomic mass is 16.2. The van der Waals surface area contributed by atoms with E-state index in [4.69, 9.17) is 0 Å². The number of carbonyl (C=O) groups excluding carboxylic acids is 3. The van der Waals surface area contributed by atoms with Crippen LogP contribution in [0.15, 0.2) is 43.0 Å². The van der Waals surface area contributed by atoms with Crippen molar-refractivity contribution in [3.8, 4) is 0 Å². The van der Waals surface area contributed by atoms with Crippen LogP contribution in [0.25, 0.3) is 0 Å². The van der Waals surface area contributed by atoms with Crippen LogP contribution in [0.4, 0.5) is 0 Å². The molecule has 1 aliphatic heterocycles. The van der Waals surface area contributed by atoms with Gasteiger partial charge in [0.2, 0.25) is 17.7 Å². The average molecular weight is 380 g/mol. The Morgan fingerprint density at radius 2 is 1.68 bits per heavy atom. The zero-order chi connectivity index (χ0) is 19.5. The predicted octanol–water partition coefficient (Wildman–Crippen LogP) is 1.72. The van der Waals surface area contributed by atoms with E-state index in [1.54, 1.807) is 12.5 Å². The molecule has 2 unspecified atom stereocenters. The highest BCUT2D eigenvalue weighted by Gasteiger charge is 2.48. The molecule has 2 heterocycles. The lowest BCUT2D eigenvalue weighted by molar-refractivity contribution is -0.143. The summed E-state index contributed by atoms with van der Waals surface area (Å²) in [6.07, 6.45) is 8.91. The van der Waals surface area contributed by atoms with Gasteiger partial charge in [0.25, 0.3) is 0 Å². The summed E-state index contributed by atoms with van der Waals surface area (Å²) in [5.74, 6) is -1.07. The van der Waals surface area contributed by atoms with Crippen LogP contribution in [-0.2, 0) is 27.5 Å². The first kappa shape index (κ1) is 18.4. The van der Waals surface area contributed by atoms with Crippen LogP contribution in [0.1, 0.15) is 36.8 Å². The fraction of sp³-hybridized carbons (Fsp3) is 0.429. The number of nitrogens with zero attached hydrogens (tertiary/aromatic N) is 3. The highest BCUT2D eigenvalue weighted by molar-refractivity contribution is 6.07. The quantitative estimate of drug-likeness (QED) is 0.774. The molecule has 1 saturated heterocycles. The largest absolute Gasteiger partial charge is 0.350 e. The van der Waals surface area contributed by atoms with Crippen LogP contribution in [0.5, 0.6) is 0 Å². The number of imidazole rings is 1. The van der Waals surface area contributed by atoms with Crippen molar-refractivity contribution in [1.29, 1.82) is 0 Å². The number of rotatable bonds is 6. The van der Waals surface area contributed by atoms with Gasteiger partial charge < -0.3 is 9.88 Å². The lowest BCUT2D eigenvalue weighted by Gasteiger charge is -2.19. The van der Waals surface area contributed by atoms with Crippen LogP contribution in [-0.4, -0.2) is 38.7 Å². The Balaban J connectivity index is 1.28. The molecule has 2 fully saturated rings. The molecule has 4 rings (SSSR count). The van der Waals surface area contributed by atoms with Crippen molar-refractivity contribution in [3.63, 3.8) is 0 Å². The number of likely N-dealkylation sites (tertiary alicyclic amines) is 1. The maximum atomic E-state index is 12.4. The summed E-state index contributed by atoms with van der Waals surface area (Å²) >= 11 is 0. The summed E-state index contributed by atoms with van der Waals surface area (Å²) in [7, 11) is 0. The average Bonchev–Trinajstić information content (AvgIpc) is 3.31. The molecule has 1 saturated carbocycles. The fourth-order valence-corrected chi connectivity index (χ4v) is 4.14. The Kier molecular flexibility index (Phi) is 5.23. The number of nitrogens with one attached hydrogen (secondary N) is 1. The van der Waals surface area contributed by atoms with Crippen LogP contribution < -0.4 is 5.32 Å². The van der Waals surface area contributed by atoms with E-state index in [-0.39, 0.29) is 36.1 Å². The SMILES string of the molecule is O=C(CN1C(=O)C2CCCCC2C1=O)NCc1ccc(Cn2ccnc2)cc1. The smallest absolute Gasteiger partial charge is 0.240 e. The molecule has 1 N–H and O–H groups in total. The lowest BCUT2D eigenvalue weighted by Crippen LogP contribution is -2.40. The second kappa shape index (κ2) is 7.96. The van der Waals surface area contributed by atoms with Gasteiger partial charge in [-0.1, -0.05) is 37.1 Å². The predicted molar refractivity (Wildman–Crippen MR) is 102 cm³/mol. The zero-order valence-corrected chi connectivity index (χ0v) is 15.7. The molecule has 1 aromatic carbocycles. The van der Waals surface area contributed by atoms with Crippen LogP contribution in [0.2, 0.25) is 0 Å². The molecule has 3 amide bonds. The van der Waals surface area contributed by atoms with Crippen molar-refractivity contribution in [1.82, 2.24) is 19.8 Å². The van der Waals surface area contributed by atoms with Gasteiger partial charge >= 0.3 is 0 Å². The van der Waals surface area contributed by atoms with E-state index in [0.717, 1.165) is 48.3 Å². The number of hydrogen-bond acceptors (Lipinski definition) is 4. The molecule has 2 atom stereocenters. The summed E-state index contributed by atoms with van der Waals surface area (Å²) in [6.45, 7) is 0.935. The lowest BCUT2D eigenvalue weighted by atomic mass is 9.81. The Bertz CT molecular complexity index is 836. The van der Waals surface area contributed by atoms with Gasteiger partial charge in [0.15, 0.2) is 0 Å². The summed E-state index contributed by atoms with van der Waals surface area (Å²) in [6, 6.07) is 7.96. The molecule has 146 valence electrons. The molecule has 7 nitrogen and oxygen atoms in total. The van der Waals surface area contributed by atoms with Gasteiger partial charge in [-0.3, -0.25) is 19.3 Å². The third-order valence-corrected chi connectivity index (χ3v) is 5.67. The third-order valence-electron chi connectivity index (χ3n) is 5.67. The van der Waals surface area contributed by atoms with Crippen LogP contribution >= 0.6 is 0 Å². The van der Waals surface area contributed by atoms with Gasteiger partial charge in [0.05, 0.1) is 18.2 Å². The number of imide groups is 1. The minimum atomic E-state index is -0.303. The zero-order valence-electron chi connectivity index (χ0n) is 15.7. The minimum absolute atomic E-state index is 0.172. The van der Waals surface area contributed by atoms with Crippen molar-refractivity contribution in [3.05, 3.63) is 54.1 Å². The van der Waals surface area contributed by atoms with E-state index >= 15 is 0 Å². The van der Waals surface area contributed by atoms with E-state index in [1.807, 2.05) is 35.0 Å². The number of fused-ring (bicyclic) bond motifs is 1. The molecular formula is C21H24N4O3. The second-order valence-corrected chi connectivity index (χ2v) is 7.59.